The summed E-state index contributed by atoms with van der Waals surface area (Å²) in [6, 6.07) is 10.1. The molecule has 30 heavy (non-hydrogen) atoms. The van der Waals surface area contributed by atoms with E-state index in [9.17, 15) is 9.59 Å². The van der Waals surface area contributed by atoms with E-state index in [0.717, 1.165) is 46.1 Å². The number of aryl methyl sites for hydroxylation is 1. The van der Waals surface area contributed by atoms with Gasteiger partial charge >= 0.3 is 0 Å². The van der Waals surface area contributed by atoms with Gasteiger partial charge in [0.2, 0.25) is 5.91 Å². The van der Waals surface area contributed by atoms with Gasteiger partial charge in [-0.1, -0.05) is 19.1 Å². The molecule has 1 aromatic carbocycles. The highest BCUT2D eigenvalue weighted by Crippen LogP contribution is 2.32. The molecule has 6 nitrogen and oxygen atoms in total. The van der Waals surface area contributed by atoms with E-state index in [-0.39, 0.29) is 17.9 Å². The molecular weight excluding hydrogens is 398 g/mol. The summed E-state index contributed by atoms with van der Waals surface area (Å²) in [7, 11) is 1.65. The summed E-state index contributed by atoms with van der Waals surface area (Å²) in [5.41, 5.74) is 2.17. The fourth-order valence-electron chi connectivity index (χ4n) is 3.54. The molecule has 1 aliphatic heterocycles. The van der Waals surface area contributed by atoms with E-state index in [1.165, 1.54) is 0 Å². The number of methoxy groups -OCH3 is 1. The highest BCUT2D eigenvalue weighted by Gasteiger charge is 2.25. The Balaban J connectivity index is 1.58. The van der Waals surface area contributed by atoms with Gasteiger partial charge in [-0.3, -0.25) is 14.5 Å². The van der Waals surface area contributed by atoms with Crippen LogP contribution in [0, 0.1) is 6.92 Å². The fraction of sp³-hybridized carbons (Fsp3) is 0.478. The first kappa shape index (κ1) is 22.3. The van der Waals surface area contributed by atoms with Crippen LogP contribution in [0.5, 0.6) is 5.75 Å². The van der Waals surface area contributed by atoms with Gasteiger partial charge in [0.15, 0.2) is 0 Å². The Bertz CT molecular complexity index is 870. The highest BCUT2D eigenvalue weighted by molar-refractivity contribution is 7.14. The fourth-order valence-corrected chi connectivity index (χ4v) is 4.54. The maximum atomic E-state index is 13.0. The van der Waals surface area contributed by atoms with E-state index in [0.29, 0.717) is 19.6 Å². The lowest BCUT2D eigenvalue weighted by Crippen LogP contribution is -2.51. The lowest BCUT2D eigenvalue weighted by Gasteiger charge is -2.34. The summed E-state index contributed by atoms with van der Waals surface area (Å²) in [4.78, 5) is 31.0. The predicted molar refractivity (Wildman–Crippen MR) is 121 cm³/mol. The van der Waals surface area contributed by atoms with Crippen molar-refractivity contribution in [1.82, 2.24) is 15.1 Å². The monoisotopic (exact) mass is 429 g/mol. The van der Waals surface area contributed by atoms with Crippen molar-refractivity contribution in [1.29, 1.82) is 0 Å². The molecule has 1 N–H and O–H groups in total. The van der Waals surface area contributed by atoms with Crippen molar-refractivity contribution in [3.63, 3.8) is 0 Å². The molecule has 0 bridgehead atoms. The number of ether oxygens (including phenoxy) is 1. The van der Waals surface area contributed by atoms with Crippen LogP contribution in [0.4, 0.5) is 0 Å². The average molecular weight is 430 g/mol. The smallest absolute Gasteiger partial charge is 0.264 e. The van der Waals surface area contributed by atoms with E-state index in [1.54, 1.807) is 18.4 Å². The second-order valence-corrected chi connectivity index (χ2v) is 9.01. The van der Waals surface area contributed by atoms with Gasteiger partial charge in [0, 0.05) is 37.1 Å². The second-order valence-electron chi connectivity index (χ2n) is 7.75. The standard InChI is InChI=1S/C23H31N3O3S/c1-5-16(2)24-22(27)15-25-10-12-26(13-11-25)23(28)21-14-20(17(3)30-21)18-6-8-19(29-4)9-7-18/h6-9,14,16H,5,10-13,15H2,1-4H3,(H,24,27). The zero-order valence-electron chi connectivity index (χ0n) is 18.2. The Labute approximate surface area is 182 Å². The normalized spacial score (nSPS) is 15.7. The molecule has 2 heterocycles. The molecule has 0 aliphatic carbocycles. The first-order valence-corrected chi connectivity index (χ1v) is 11.3. The number of carbonyl (C=O) groups is 2. The number of nitrogens with zero attached hydrogens (tertiary/aromatic N) is 2. The van der Waals surface area contributed by atoms with Crippen molar-refractivity contribution in [2.24, 2.45) is 0 Å². The summed E-state index contributed by atoms with van der Waals surface area (Å²) in [6.45, 7) is 9.24. The van der Waals surface area contributed by atoms with Crippen molar-refractivity contribution in [3.8, 4) is 16.9 Å². The SMILES string of the molecule is CCC(C)NC(=O)CN1CCN(C(=O)c2cc(-c3ccc(OC)cc3)c(C)s2)CC1. The molecule has 7 heteroatoms. The van der Waals surface area contributed by atoms with Gasteiger partial charge in [-0.15, -0.1) is 11.3 Å². The van der Waals surface area contributed by atoms with E-state index in [1.807, 2.05) is 42.2 Å². The number of thiophene rings is 1. The lowest BCUT2D eigenvalue weighted by atomic mass is 10.1. The second kappa shape index (κ2) is 10.1. The molecule has 1 aromatic heterocycles. The summed E-state index contributed by atoms with van der Waals surface area (Å²) >= 11 is 1.54. The van der Waals surface area contributed by atoms with Crippen LogP contribution in [-0.2, 0) is 4.79 Å². The minimum Gasteiger partial charge on any atom is -0.497 e. The van der Waals surface area contributed by atoms with Gasteiger partial charge < -0.3 is 15.0 Å². The van der Waals surface area contributed by atoms with E-state index >= 15 is 0 Å². The van der Waals surface area contributed by atoms with Gasteiger partial charge in [-0.05, 0) is 49.6 Å². The molecule has 0 saturated carbocycles. The lowest BCUT2D eigenvalue weighted by molar-refractivity contribution is -0.123. The number of benzene rings is 1. The maximum Gasteiger partial charge on any atom is 0.264 e. The minimum atomic E-state index is 0.0575. The van der Waals surface area contributed by atoms with E-state index in [4.69, 9.17) is 4.74 Å². The molecule has 1 fully saturated rings. The first-order valence-electron chi connectivity index (χ1n) is 10.5. The minimum absolute atomic E-state index is 0.0575. The van der Waals surface area contributed by atoms with Gasteiger partial charge in [-0.2, -0.15) is 0 Å². The molecule has 0 spiro atoms. The molecule has 1 saturated heterocycles. The third-order valence-electron chi connectivity index (χ3n) is 5.58. The number of piperazine rings is 1. The predicted octanol–water partition coefficient (Wildman–Crippen LogP) is 3.40. The van der Waals surface area contributed by atoms with Crippen LogP contribution in [0.2, 0.25) is 0 Å². The van der Waals surface area contributed by atoms with Gasteiger partial charge in [-0.25, -0.2) is 0 Å². The summed E-state index contributed by atoms with van der Waals surface area (Å²) in [5, 5.41) is 3.00. The third-order valence-corrected chi connectivity index (χ3v) is 6.61. The Morgan fingerprint density at radius 3 is 2.43 bits per heavy atom. The first-order chi connectivity index (χ1) is 14.4. The number of hydrogen-bond acceptors (Lipinski definition) is 5. The zero-order chi connectivity index (χ0) is 21.7. The van der Waals surface area contributed by atoms with Crippen molar-refractivity contribution in [2.75, 3.05) is 39.8 Å². The maximum absolute atomic E-state index is 13.0. The van der Waals surface area contributed by atoms with E-state index in [2.05, 4.69) is 24.1 Å². The van der Waals surface area contributed by atoms with Crippen molar-refractivity contribution in [3.05, 3.63) is 40.1 Å². The number of nitrogens with one attached hydrogen (secondary N) is 1. The number of rotatable bonds is 7. The molecule has 1 atom stereocenters. The Morgan fingerprint density at radius 2 is 1.83 bits per heavy atom. The molecular formula is C23H31N3O3S. The molecule has 2 aromatic rings. The largest absolute Gasteiger partial charge is 0.497 e. The Hall–Kier alpha value is -2.38. The summed E-state index contributed by atoms with van der Waals surface area (Å²) in [5.74, 6) is 0.951. The Morgan fingerprint density at radius 1 is 1.17 bits per heavy atom. The van der Waals surface area contributed by atoms with Crippen LogP contribution >= 0.6 is 11.3 Å². The van der Waals surface area contributed by atoms with Crippen LogP contribution in [-0.4, -0.2) is 67.5 Å². The van der Waals surface area contributed by atoms with Crippen LogP contribution in [0.1, 0.15) is 34.8 Å². The number of amides is 2. The topological polar surface area (TPSA) is 61.9 Å². The van der Waals surface area contributed by atoms with Crippen molar-refractivity contribution < 1.29 is 14.3 Å². The average Bonchev–Trinajstić information content (AvgIpc) is 3.15. The molecule has 1 unspecified atom stereocenters. The Kier molecular flexibility index (Phi) is 7.50. The highest BCUT2D eigenvalue weighted by atomic mass is 32.1. The van der Waals surface area contributed by atoms with Crippen LogP contribution in [0.25, 0.3) is 11.1 Å². The summed E-state index contributed by atoms with van der Waals surface area (Å²) < 4.78 is 5.23. The van der Waals surface area contributed by atoms with Crippen LogP contribution < -0.4 is 10.1 Å². The molecule has 162 valence electrons. The van der Waals surface area contributed by atoms with Crippen LogP contribution in [0.15, 0.2) is 30.3 Å². The van der Waals surface area contributed by atoms with Gasteiger partial charge in [0.1, 0.15) is 5.75 Å². The number of carbonyl (C=O) groups excluding carboxylic acids is 2. The molecule has 1 aliphatic rings. The quantitative estimate of drug-likeness (QED) is 0.733. The van der Waals surface area contributed by atoms with Crippen molar-refractivity contribution >= 4 is 23.2 Å². The van der Waals surface area contributed by atoms with Gasteiger partial charge in [0.25, 0.3) is 5.91 Å². The summed E-state index contributed by atoms with van der Waals surface area (Å²) in [6.07, 6.45) is 0.923. The number of hydrogen-bond donors (Lipinski definition) is 1. The molecule has 3 rings (SSSR count). The van der Waals surface area contributed by atoms with Gasteiger partial charge in [0.05, 0.1) is 18.5 Å². The van der Waals surface area contributed by atoms with Crippen LogP contribution in [0.3, 0.4) is 0 Å². The molecule has 2 amide bonds. The van der Waals surface area contributed by atoms with Crippen molar-refractivity contribution in [2.45, 2.75) is 33.2 Å². The molecule has 0 radical (unpaired) electrons. The van der Waals surface area contributed by atoms with E-state index < -0.39 is 0 Å². The zero-order valence-corrected chi connectivity index (χ0v) is 19.1. The third kappa shape index (κ3) is 5.40.